The summed E-state index contributed by atoms with van der Waals surface area (Å²) in [6, 6.07) is 2.29. The Bertz CT molecular complexity index is 202. The summed E-state index contributed by atoms with van der Waals surface area (Å²) < 4.78 is 5.47. The van der Waals surface area contributed by atoms with Crippen LogP contribution in [-0.4, -0.2) is 6.61 Å². The van der Waals surface area contributed by atoms with E-state index in [2.05, 4.69) is 19.1 Å². The van der Waals surface area contributed by atoms with Gasteiger partial charge >= 0.3 is 0 Å². The molecule has 0 aromatic heterocycles. The normalized spacial score (nSPS) is 22.7. The van der Waals surface area contributed by atoms with E-state index in [-0.39, 0.29) is 5.92 Å². The fraction of sp³-hybridized carbons (Fsp3) is 0.700. The molecule has 0 radical (unpaired) electrons. The van der Waals surface area contributed by atoms with Crippen molar-refractivity contribution in [3.63, 3.8) is 0 Å². The van der Waals surface area contributed by atoms with Crippen LogP contribution in [0.15, 0.2) is 11.8 Å². The molecule has 0 amide bonds. The van der Waals surface area contributed by atoms with E-state index in [4.69, 9.17) is 10.00 Å². The Kier molecular flexibility index (Phi) is 3.66. The van der Waals surface area contributed by atoms with Crippen LogP contribution < -0.4 is 0 Å². The second-order valence-corrected chi connectivity index (χ2v) is 3.13. The van der Waals surface area contributed by atoms with Crippen molar-refractivity contribution in [3.8, 4) is 6.07 Å². The van der Waals surface area contributed by atoms with E-state index in [0.29, 0.717) is 0 Å². The summed E-state index contributed by atoms with van der Waals surface area (Å²) in [4.78, 5) is 0. The first kappa shape index (κ1) is 9.12. The minimum atomic E-state index is 0.182. The lowest BCUT2D eigenvalue weighted by atomic mass is 9.94. The van der Waals surface area contributed by atoms with Crippen molar-refractivity contribution in [2.45, 2.75) is 32.6 Å². The monoisotopic (exact) mass is 165 g/mol. The summed E-state index contributed by atoms with van der Waals surface area (Å²) in [6.45, 7) is 2.87. The van der Waals surface area contributed by atoms with Gasteiger partial charge in [-0.2, -0.15) is 5.26 Å². The maximum Gasteiger partial charge on any atom is 0.0933 e. The van der Waals surface area contributed by atoms with Crippen LogP contribution >= 0.6 is 0 Å². The maximum atomic E-state index is 8.70. The number of hydrogen-bond donors (Lipinski definition) is 0. The third kappa shape index (κ3) is 2.58. The molecule has 0 fully saturated rings. The summed E-state index contributed by atoms with van der Waals surface area (Å²) in [5.74, 6) is 1.21. The minimum absolute atomic E-state index is 0.182. The van der Waals surface area contributed by atoms with Crippen molar-refractivity contribution in [1.29, 1.82) is 5.26 Å². The molecule has 1 unspecified atom stereocenters. The van der Waals surface area contributed by atoms with Gasteiger partial charge < -0.3 is 4.74 Å². The van der Waals surface area contributed by atoms with Crippen LogP contribution in [0.4, 0.5) is 0 Å². The first-order valence-electron chi connectivity index (χ1n) is 4.58. The van der Waals surface area contributed by atoms with Crippen LogP contribution in [0.2, 0.25) is 0 Å². The Balaban J connectivity index is 2.35. The molecule has 0 saturated carbocycles. The van der Waals surface area contributed by atoms with Gasteiger partial charge in [-0.1, -0.05) is 6.92 Å². The first-order chi connectivity index (χ1) is 5.86. The van der Waals surface area contributed by atoms with Crippen molar-refractivity contribution in [2.24, 2.45) is 5.92 Å². The van der Waals surface area contributed by atoms with Crippen molar-refractivity contribution < 1.29 is 4.74 Å². The summed E-state index contributed by atoms with van der Waals surface area (Å²) in [5, 5.41) is 8.70. The average Bonchev–Trinajstić information content (AvgIpc) is 2.15. The second kappa shape index (κ2) is 4.82. The standard InChI is InChI=1S/C10H15NO/c1-2-6-12-10-5-3-4-9(7-10)8-11/h5,9H,2-4,6-7H2,1H3. The summed E-state index contributed by atoms with van der Waals surface area (Å²) >= 11 is 0. The number of ether oxygens (including phenoxy) is 1. The molecule has 12 heavy (non-hydrogen) atoms. The van der Waals surface area contributed by atoms with Gasteiger partial charge in [0.2, 0.25) is 0 Å². The molecule has 0 aromatic rings. The van der Waals surface area contributed by atoms with E-state index in [1.165, 1.54) is 0 Å². The lowest BCUT2D eigenvalue weighted by Gasteiger charge is -2.17. The average molecular weight is 165 g/mol. The van der Waals surface area contributed by atoms with Gasteiger partial charge in [-0.25, -0.2) is 0 Å². The molecule has 0 N–H and O–H groups in total. The number of nitrogens with zero attached hydrogens (tertiary/aromatic N) is 1. The Labute approximate surface area is 73.8 Å². The van der Waals surface area contributed by atoms with Gasteiger partial charge in [0.1, 0.15) is 0 Å². The molecule has 1 atom stereocenters. The molecule has 2 nitrogen and oxygen atoms in total. The molecule has 1 aliphatic carbocycles. The predicted molar refractivity (Wildman–Crippen MR) is 47.3 cm³/mol. The SMILES string of the molecule is CCCOC1=CCCC(C#N)C1. The van der Waals surface area contributed by atoms with Crippen molar-refractivity contribution >= 4 is 0 Å². The highest BCUT2D eigenvalue weighted by atomic mass is 16.5. The van der Waals surface area contributed by atoms with E-state index in [9.17, 15) is 0 Å². The number of nitriles is 1. The minimum Gasteiger partial charge on any atom is -0.498 e. The largest absolute Gasteiger partial charge is 0.498 e. The number of allylic oxidation sites excluding steroid dienone is 2. The molecule has 0 spiro atoms. The fourth-order valence-corrected chi connectivity index (χ4v) is 1.33. The lowest BCUT2D eigenvalue weighted by Crippen LogP contribution is -2.07. The van der Waals surface area contributed by atoms with E-state index in [0.717, 1.165) is 38.0 Å². The van der Waals surface area contributed by atoms with E-state index >= 15 is 0 Å². The molecule has 66 valence electrons. The van der Waals surface area contributed by atoms with Crippen LogP contribution in [-0.2, 0) is 4.74 Å². The van der Waals surface area contributed by atoms with E-state index in [1.807, 2.05) is 0 Å². The lowest BCUT2D eigenvalue weighted by molar-refractivity contribution is 0.189. The van der Waals surface area contributed by atoms with Gasteiger partial charge in [-0.3, -0.25) is 0 Å². The van der Waals surface area contributed by atoms with Crippen LogP contribution in [0, 0.1) is 17.2 Å². The molecule has 2 heteroatoms. The predicted octanol–water partition coefficient (Wildman–Crippen LogP) is 2.62. The highest BCUT2D eigenvalue weighted by molar-refractivity contribution is 5.04. The summed E-state index contributed by atoms with van der Waals surface area (Å²) in [5.41, 5.74) is 0. The van der Waals surface area contributed by atoms with Crippen molar-refractivity contribution in [2.75, 3.05) is 6.61 Å². The van der Waals surface area contributed by atoms with E-state index < -0.39 is 0 Å². The quantitative estimate of drug-likeness (QED) is 0.644. The molecular formula is C10H15NO. The van der Waals surface area contributed by atoms with Gasteiger partial charge in [0.05, 0.1) is 24.4 Å². The molecule has 1 aliphatic rings. The molecule has 0 aliphatic heterocycles. The number of hydrogen-bond acceptors (Lipinski definition) is 2. The van der Waals surface area contributed by atoms with Crippen LogP contribution in [0.5, 0.6) is 0 Å². The fourth-order valence-electron chi connectivity index (χ4n) is 1.33. The Morgan fingerprint density at radius 3 is 3.25 bits per heavy atom. The highest BCUT2D eigenvalue weighted by Crippen LogP contribution is 2.23. The van der Waals surface area contributed by atoms with Gasteiger partial charge in [-0.05, 0) is 25.3 Å². The topological polar surface area (TPSA) is 33.0 Å². The van der Waals surface area contributed by atoms with Gasteiger partial charge in [0, 0.05) is 6.42 Å². The molecule has 0 saturated heterocycles. The van der Waals surface area contributed by atoms with Gasteiger partial charge in [-0.15, -0.1) is 0 Å². The summed E-state index contributed by atoms with van der Waals surface area (Å²) in [6.07, 6.45) is 5.96. The Hall–Kier alpha value is -0.970. The zero-order valence-electron chi connectivity index (χ0n) is 7.55. The van der Waals surface area contributed by atoms with Crippen LogP contribution in [0.25, 0.3) is 0 Å². The zero-order valence-corrected chi connectivity index (χ0v) is 7.55. The van der Waals surface area contributed by atoms with Crippen molar-refractivity contribution in [1.82, 2.24) is 0 Å². The van der Waals surface area contributed by atoms with Crippen LogP contribution in [0.1, 0.15) is 32.6 Å². The summed E-state index contributed by atoms with van der Waals surface area (Å²) in [7, 11) is 0. The molecule has 0 heterocycles. The molecule has 0 aromatic carbocycles. The van der Waals surface area contributed by atoms with Crippen molar-refractivity contribution in [3.05, 3.63) is 11.8 Å². The van der Waals surface area contributed by atoms with E-state index in [1.54, 1.807) is 0 Å². The Morgan fingerprint density at radius 1 is 1.75 bits per heavy atom. The highest BCUT2D eigenvalue weighted by Gasteiger charge is 2.14. The zero-order chi connectivity index (χ0) is 8.81. The van der Waals surface area contributed by atoms with Crippen LogP contribution in [0.3, 0.4) is 0 Å². The second-order valence-electron chi connectivity index (χ2n) is 3.13. The molecular weight excluding hydrogens is 150 g/mol. The third-order valence-electron chi connectivity index (χ3n) is 2.01. The number of rotatable bonds is 3. The smallest absolute Gasteiger partial charge is 0.0933 e. The first-order valence-corrected chi connectivity index (χ1v) is 4.58. The van der Waals surface area contributed by atoms with Gasteiger partial charge in [0.25, 0.3) is 0 Å². The third-order valence-corrected chi connectivity index (χ3v) is 2.01. The molecule has 0 bridgehead atoms. The molecule has 1 rings (SSSR count). The Morgan fingerprint density at radius 2 is 2.58 bits per heavy atom. The van der Waals surface area contributed by atoms with Gasteiger partial charge in [0.15, 0.2) is 0 Å². The maximum absolute atomic E-state index is 8.70.